The second-order valence-electron chi connectivity index (χ2n) is 8.75. The van der Waals surface area contributed by atoms with E-state index in [1.54, 1.807) is 55.6 Å². The van der Waals surface area contributed by atoms with Crippen molar-refractivity contribution in [3.8, 4) is 23.0 Å². The van der Waals surface area contributed by atoms with Crippen molar-refractivity contribution in [2.75, 3.05) is 13.6 Å². The Bertz CT molecular complexity index is 1020. The summed E-state index contributed by atoms with van der Waals surface area (Å²) in [6.45, 7) is 3.36. The van der Waals surface area contributed by atoms with Crippen LogP contribution in [0, 0.1) is 25.6 Å². The molecular formula is C21H22N3O8+. The number of benzene rings is 2. The van der Waals surface area contributed by atoms with E-state index in [2.05, 4.69) is 0 Å². The lowest BCUT2D eigenvalue weighted by molar-refractivity contribution is -0.818. The molecule has 0 amide bonds. The van der Waals surface area contributed by atoms with Gasteiger partial charge in [-0.2, -0.15) is 0 Å². The Hall–Kier alpha value is -3.60. The second-order valence-corrected chi connectivity index (χ2v) is 8.75. The predicted molar refractivity (Wildman–Crippen MR) is 108 cm³/mol. The highest BCUT2D eigenvalue weighted by Crippen LogP contribution is 2.45. The van der Waals surface area contributed by atoms with Gasteiger partial charge in [-0.15, -0.1) is 0 Å². The van der Waals surface area contributed by atoms with Crippen LogP contribution < -0.4 is 24.3 Å². The number of hydrogen-bond acceptors (Lipinski definition) is 8. The van der Waals surface area contributed by atoms with Gasteiger partial charge in [-0.05, 0) is 50.2 Å². The fraction of sp³-hybridized carbons (Fsp3) is 0.429. The molecule has 3 heterocycles. The molecule has 0 radical (unpaired) electrons. The van der Waals surface area contributed by atoms with E-state index in [9.17, 15) is 20.2 Å². The molecule has 11 nitrogen and oxygen atoms in total. The van der Waals surface area contributed by atoms with Crippen molar-refractivity contribution in [2.24, 2.45) is 5.41 Å². The third-order valence-corrected chi connectivity index (χ3v) is 6.64. The lowest BCUT2D eigenvalue weighted by Gasteiger charge is -2.41. The average Bonchev–Trinajstić information content (AvgIpc) is 3.39. The van der Waals surface area contributed by atoms with Crippen LogP contribution in [0.3, 0.4) is 0 Å². The maximum absolute atomic E-state index is 12.2. The van der Waals surface area contributed by atoms with Crippen molar-refractivity contribution in [1.29, 1.82) is 0 Å². The number of piperidine rings is 1. The molecule has 0 spiro atoms. The molecule has 0 aromatic heterocycles. The first-order chi connectivity index (χ1) is 15.3. The van der Waals surface area contributed by atoms with Gasteiger partial charge in [-0.3, -0.25) is 20.2 Å². The van der Waals surface area contributed by atoms with Crippen LogP contribution in [0.1, 0.15) is 37.1 Å². The van der Waals surface area contributed by atoms with Crippen molar-refractivity contribution >= 4 is 0 Å². The third kappa shape index (κ3) is 3.08. The number of quaternary nitrogens is 1. The van der Waals surface area contributed by atoms with Crippen LogP contribution in [-0.2, 0) is 0 Å². The monoisotopic (exact) mass is 444 g/mol. The normalized spacial score (nSPS) is 27.2. The van der Waals surface area contributed by atoms with E-state index in [4.69, 9.17) is 18.9 Å². The molecule has 2 aromatic rings. The number of ether oxygens (including phenoxy) is 4. The molecule has 1 fully saturated rings. The van der Waals surface area contributed by atoms with Gasteiger partial charge >= 0.3 is 0 Å². The molecule has 3 aliphatic heterocycles. The minimum atomic E-state index is -1.26. The molecular weight excluding hydrogens is 422 g/mol. The van der Waals surface area contributed by atoms with Crippen molar-refractivity contribution in [2.45, 2.75) is 38.0 Å². The van der Waals surface area contributed by atoms with Crippen LogP contribution in [0.2, 0.25) is 0 Å². The third-order valence-electron chi connectivity index (χ3n) is 6.64. The van der Waals surface area contributed by atoms with Crippen molar-refractivity contribution < 1.29 is 34.1 Å². The number of nitrogens with zero attached hydrogens (tertiary/aromatic N) is 2. The number of nitrogens with two attached hydrogens (primary N) is 1. The molecule has 32 heavy (non-hydrogen) atoms. The number of fused-ring (bicyclic) bond motifs is 2. The molecule has 11 heteroatoms. The summed E-state index contributed by atoms with van der Waals surface area (Å²) in [5.74, 6) is 2.15. The number of rotatable bonds is 4. The van der Waals surface area contributed by atoms with Gasteiger partial charge in [0.15, 0.2) is 35.1 Å². The summed E-state index contributed by atoms with van der Waals surface area (Å²) in [6.07, 6.45) is 0. The quantitative estimate of drug-likeness (QED) is 0.556. The first kappa shape index (κ1) is 20.3. The Morgan fingerprint density at radius 1 is 0.781 bits per heavy atom. The molecule has 0 unspecified atom stereocenters. The van der Waals surface area contributed by atoms with Crippen molar-refractivity contribution in [3.05, 3.63) is 67.8 Å². The largest absolute Gasteiger partial charge is 0.454 e. The summed E-state index contributed by atoms with van der Waals surface area (Å²) in [5.41, 5.74) is 0.0391. The van der Waals surface area contributed by atoms with Crippen LogP contribution in [0.5, 0.6) is 23.0 Å². The maximum Gasteiger partial charge on any atom is 0.279 e. The minimum absolute atomic E-state index is 0.0839. The molecule has 0 aliphatic carbocycles. The molecule has 2 N–H and O–H groups in total. The van der Waals surface area contributed by atoms with Crippen LogP contribution in [0.15, 0.2) is 36.4 Å². The topological polar surface area (TPSA) is 140 Å². The Balaban J connectivity index is 1.62. The second kappa shape index (κ2) is 7.23. The summed E-state index contributed by atoms with van der Waals surface area (Å²) in [6, 6.07) is 6.61. The summed E-state index contributed by atoms with van der Waals surface area (Å²) in [4.78, 5) is 23.6. The van der Waals surface area contributed by atoms with E-state index in [-0.39, 0.29) is 13.6 Å². The van der Waals surface area contributed by atoms with Gasteiger partial charge in [-0.1, -0.05) is 0 Å². The van der Waals surface area contributed by atoms with E-state index < -0.39 is 39.4 Å². The highest BCUT2D eigenvalue weighted by molar-refractivity contribution is 5.46. The number of nitro groups is 2. The van der Waals surface area contributed by atoms with E-state index in [1.807, 2.05) is 0 Å². The molecule has 3 aliphatic rings. The van der Waals surface area contributed by atoms with Gasteiger partial charge in [0.25, 0.3) is 12.1 Å². The highest BCUT2D eigenvalue weighted by Gasteiger charge is 2.66. The average molecular weight is 444 g/mol. The van der Waals surface area contributed by atoms with Gasteiger partial charge in [0, 0.05) is 21.0 Å². The van der Waals surface area contributed by atoms with Crippen LogP contribution in [0.25, 0.3) is 0 Å². The fourth-order valence-electron chi connectivity index (χ4n) is 5.17. The van der Waals surface area contributed by atoms with Crippen LogP contribution >= 0.6 is 0 Å². The molecule has 5 rings (SSSR count). The lowest BCUT2D eigenvalue weighted by Crippen LogP contribution is -2.96. The first-order valence-corrected chi connectivity index (χ1v) is 10.2. The molecule has 4 atom stereocenters. The van der Waals surface area contributed by atoms with Crippen molar-refractivity contribution in [1.82, 2.24) is 0 Å². The Morgan fingerprint density at radius 3 is 1.59 bits per heavy atom. The first-order valence-electron chi connectivity index (χ1n) is 10.2. The van der Waals surface area contributed by atoms with Crippen LogP contribution in [-0.4, -0.2) is 35.5 Å². The minimum Gasteiger partial charge on any atom is -0.454 e. The smallest absolute Gasteiger partial charge is 0.279 e. The predicted octanol–water partition coefficient (Wildman–Crippen LogP) is 1.82. The highest BCUT2D eigenvalue weighted by atomic mass is 16.7. The molecule has 2 aromatic carbocycles. The van der Waals surface area contributed by atoms with Gasteiger partial charge in [0.2, 0.25) is 13.6 Å². The summed E-state index contributed by atoms with van der Waals surface area (Å²) in [5, 5.41) is 26.2. The van der Waals surface area contributed by atoms with Crippen molar-refractivity contribution in [3.63, 3.8) is 0 Å². The van der Waals surface area contributed by atoms with Gasteiger partial charge in [0.05, 0.1) is 0 Å². The summed E-state index contributed by atoms with van der Waals surface area (Å²) in [7, 11) is 0. The van der Waals surface area contributed by atoms with Gasteiger partial charge in [-0.25, -0.2) is 0 Å². The summed E-state index contributed by atoms with van der Waals surface area (Å²) < 4.78 is 21.6. The van der Waals surface area contributed by atoms with Gasteiger partial charge < -0.3 is 24.3 Å². The Kier molecular flexibility index (Phi) is 4.59. The van der Waals surface area contributed by atoms with E-state index >= 15 is 0 Å². The molecule has 168 valence electrons. The zero-order valence-electron chi connectivity index (χ0n) is 17.4. The molecule has 1 saturated heterocycles. The standard InChI is InChI=1S/C21H21N3O8/c1-21(2)19(23(25)26)17(11-3-5-13-15(7-11)31-9-29-13)22-18(20(21)24(27)28)12-4-6-14-16(8-12)32-10-30-14/h3-8,17-20,22H,9-10H2,1-2H3/p+1/t17-,18-,19-,20+/m0/s1. The van der Waals surface area contributed by atoms with E-state index in [0.29, 0.717) is 34.1 Å². The molecule has 0 saturated carbocycles. The summed E-state index contributed by atoms with van der Waals surface area (Å²) >= 11 is 0. The zero-order valence-corrected chi connectivity index (χ0v) is 17.4. The zero-order chi connectivity index (χ0) is 22.6. The van der Waals surface area contributed by atoms with E-state index in [1.165, 1.54) is 0 Å². The van der Waals surface area contributed by atoms with Crippen LogP contribution in [0.4, 0.5) is 0 Å². The maximum atomic E-state index is 12.2. The Labute approximate surface area is 182 Å². The lowest BCUT2D eigenvalue weighted by atomic mass is 9.66. The van der Waals surface area contributed by atoms with E-state index in [0.717, 1.165) is 0 Å². The SMILES string of the molecule is CC1(C)[C@@H]([N+](=O)[O-])[C@H](c2ccc3c(c2)OCO3)[NH2+][C@@H](c2ccc3c(c2)OCO3)[C@H]1[N+](=O)[O-]. The number of hydrogen-bond donors (Lipinski definition) is 1. The Morgan fingerprint density at radius 2 is 1.19 bits per heavy atom. The molecule has 0 bridgehead atoms. The fourth-order valence-corrected chi connectivity index (χ4v) is 5.17. The van der Waals surface area contributed by atoms with Gasteiger partial charge in [0.1, 0.15) is 5.41 Å².